The second-order valence-corrected chi connectivity index (χ2v) is 9.47. The number of fused-ring (bicyclic) bond motifs is 1. The lowest BCUT2D eigenvalue weighted by atomic mass is 10.1. The Morgan fingerprint density at radius 2 is 1.33 bits per heavy atom. The maximum atomic E-state index is 13.5. The molecule has 0 heterocycles. The molecule has 5 aromatic carbocycles. The first kappa shape index (κ1) is 25.5. The van der Waals surface area contributed by atoms with E-state index in [-0.39, 0.29) is 29.5 Å². The van der Waals surface area contributed by atoms with Crippen molar-refractivity contribution in [3.63, 3.8) is 0 Å². The summed E-state index contributed by atoms with van der Waals surface area (Å²) >= 11 is 0. The van der Waals surface area contributed by atoms with Crippen LogP contribution >= 0.6 is 0 Å². The van der Waals surface area contributed by atoms with E-state index in [4.69, 9.17) is 0 Å². The molecule has 5 aromatic rings. The number of anilines is 1. The van der Waals surface area contributed by atoms with Gasteiger partial charge in [-0.25, -0.2) is 0 Å². The maximum absolute atomic E-state index is 13.5. The quantitative estimate of drug-likeness (QED) is 0.263. The van der Waals surface area contributed by atoms with Crippen LogP contribution in [0.25, 0.3) is 10.8 Å². The summed E-state index contributed by atoms with van der Waals surface area (Å²) < 4.78 is 0. The van der Waals surface area contributed by atoms with E-state index >= 15 is 0 Å². The van der Waals surface area contributed by atoms with Crippen molar-refractivity contribution in [3.05, 3.63) is 138 Å². The fraction of sp³-hybridized carbons (Fsp3) is 0.0909. The largest absolute Gasteiger partial charge is 0.508 e. The van der Waals surface area contributed by atoms with Crippen LogP contribution in [0.2, 0.25) is 0 Å². The van der Waals surface area contributed by atoms with Crippen molar-refractivity contribution in [1.82, 2.24) is 4.90 Å². The number of hydrogen-bond acceptors (Lipinski definition) is 4. The van der Waals surface area contributed by atoms with Gasteiger partial charge in [-0.05, 0) is 64.4 Å². The number of nitrogens with zero attached hydrogens (tertiary/aromatic N) is 2. The van der Waals surface area contributed by atoms with E-state index in [1.807, 2.05) is 48.5 Å². The standard InChI is InChI=1S/C33H28N2O4/c1-34(21-24-11-12-25-9-5-6-10-27(25)19-24)32(38)26-13-15-28(16-14-26)35(22-23-7-3-2-4-8-23)33(39)30-18-17-29(36)20-31(30)37/h2-20,36-37H,21-22H2,1H3. The summed E-state index contributed by atoms with van der Waals surface area (Å²) in [5.74, 6) is -0.995. The third kappa shape index (κ3) is 5.75. The van der Waals surface area contributed by atoms with E-state index in [0.717, 1.165) is 28.0 Å². The summed E-state index contributed by atoms with van der Waals surface area (Å²) in [4.78, 5) is 29.9. The Morgan fingerprint density at radius 3 is 2.05 bits per heavy atom. The van der Waals surface area contributed by atoms with E-state index in [1.165, 1.54) is 17.0 Å². The zero-order chi connectivity index (χ0) is 27.4. The molecule has 0 atom stereocenters. The molecule has 6 heteroatoms. The molecule has 0 bridgehead atoms. The van der Waals surface area contributed by atoms with Gasteiger partial charge in [-0.15, -0.1) is 0 Å². The third-order valence-corrected chi connectivity index (χ3v) is 6.65. The molecule has 2 N–H and O–H groups in total. The molecule has 5 rings (SSSR count). The molecule has 0 saturated heterocycles. The van der Waals surface area contributed by atoms with E-state index in [9.17, 15) is 19.8 Å². The van der Waals surface area contributed by atoms with Gasteiger partial charge in [-0.2, -0.15) is 0 Å². The molecule has 0 fully saturated rings. The van der Waals surface area contributed by atoms with Gasteiger partial charge in [0.1, 0.15) is 11.5 Å². The number of aromatic hydroxyl groups is 2. The number of phenolic OH excluding ortho intramolecular Hbond substituents is 2. The Bertz CT molecular complexity index is 1630. The number of phenols is 2. The smallest absolute Gasteiger partial charge is 0.262 e. The summed E-state index contributed by atoms with van der Waals surface area (Å²) in [6.45, 7) is 0.722. The van der Waals surface area contributed by atoms with Gasteiger partial charge in [0.25, 0.3) is 11.8 Å². The van der Waals surface area contributed by atoms with Crippen molar-refractivity contribution in [2.24, 2.45) is 0 Å². The molecule has 0 spiro atoms. The van der Waals surface area contributed by atoms with Crippen LogP contribution in [0.3, 0.4) is 0 Å². The lowest BCUT2D eigenvalue weighted by molar-refractivity contribution is 0.0785. The van der Waals surface area contributed by atoms with Gasteiger partial charge < -0.3 is 20.0 Å². The SMILES string of the molecule is CN(Cc1ccc2ccccc2c1)C(=O)c1ccc(N(Cc2ccccc2)C(=O)c2ccc(O)cc2O)cc1. The Labute approximate surface area is 227 Å². The van der Waals surface area contributed by atoms with Crippen molar-refractivity contribution in [2.75, 3.05) is 11.9 Å². The predicted octanol–water partition coefficient (Wildman–Crippen LogP) is 6.37. The number of rotatable bonds is 7. The van der Waals surface area contributed by atoms with Gasteiger partial charge in [-0.1, -0.05) is 66.7 Å². The molecule has 0 unspecified atom stereocenters. The monoisotopic (exact) mass is 516 g/mol. The van der Waals surface area contributed by atoms with E-state index in [1.54, 1.807) is 36.2 Å². The Morgan fingerprint density at radius 1 is 0.641 bits per heavy atom. The predicted molar refractivity (Wildman–Crippen MR) is 153 cm³/mol. The zero-order valence-electron chi connectivity index (χ0n) is 21.5. The lowest BCUT2D eigenvalue weighted by Crippen LogP contribution is -2.30. The Balaban J connectivity index is 1.37. The summed E-state index contributed by atoms with van der Waals surface area (Å²) in [7, 11) is 1.77. The van der Waals surface area contributed by atoms with Crippen molar-refractivity contribution in [2.45, 2.75) is 13.1 Å². The van der Waals surface area contributed by atoms with Gasteiger partial charge in [-0.3, -0.25) is 9.59 Å². The van der Waals surface area contributed by atoms with Gasteiger partial charge in [0, 0.05) is 30.9 Å². The average molecular weight is 517 g/mol. The first-order chi connectivity index (χ1) is 18.9. The second kappa shape index (κ2) is 11.1. The van der Waals surface area contributed by atoms with E-state index < -0.39 is 5.91 Å². The summed E-state index contributed by atoms with van der Waals surface area (Å²) in [6, 6.07) is 34.6. The van der Waals surface area contributed by atoms with Crippen molar-refractivity contribution >= 4 is 28.3 Å². The minimum Gasteiger partial charge on any atom is -0.508 e. The summed E-state index contributed by atoms with van der Waals surface area (Å²) in [5, 5.41) is 22.3. The van der Waals surface area contributed by atoms with Gasteiger partial charge in [0.05, 0.1) is 12.1 Å². The number of benzene rings is 5. The first-order valence-corrected chi connectivity index (χ1v) is 12.6. The van der Waals surface area contributed by atoms with Crippen LogP contribution in [-0.4, -0.2) is 34.0 Å². The first-order valence-electron chi connectivity index (χ1n) is 12.6. The molecule has 0 radical (unpaired) electrons. The molecule has 0 aliphatic carbocycles. The highest BCUT2D eigenvalue weighted by Crippen LogP contribution is 2.28. The van der Waals surface area contributed by atoms with Crippen LogP contribution in [0.15, 0.2) is 115 Å². The van der Waals surface area contributed by atoms with Crippen LogP contribution in [0.1, 0.15) is 31.8 Å². The number of hydrogen-bond donors (Lipinski definition) is 2. The van der Waals surface area contributed by atoms with Gasteiger partial charge >= 0.3 is 0 Å². The Hall–Kier alpha value is -5.10. The zero-order valence-corrected chi connectivity index (χ0v) is 21.5. The summed E-state index contributed by atoms with van der Waals surface area (Å²) in [6.07, 6.45) is 0. The van der Waals surface area contributed by atoms with E-state index in [2.05, 4.69) is 24.3 Å². The average Bonchev–Trinajstić information content (AvgIpc) is 2.96. The summed E-state index contributed by atoms with van der Waals surface area (Å²) in [5.41, 5.74) is 3.08. The van der Waals surface area contributed by atoms with Gasteiger partial charge in [0.15, 0.2) is 0 Å². The number of carbonyl (C=O) groups is 2. The fourth-order valence-corrected chi connectivity index (χ4v) is 4.58. The Kier molecular flexibility index (Phi) is 7.28. The maximum Gasteiger partial charge on any atom is 0.262 e. The van der Waals surface area contributed by atoms with Crippen LogP contribution in [0, 0.1) is 0 Å². The molecular weight excluding hydrogens is 488 g/mol. The normalized spacial score (nSPS) is 10.8. The van der Waals surface area contributed by atoms with Crippen LogP contribution in [-0.2, 0) is 13.1 Å². The molecular formula is C33H28N2O4. The number of amides is 2. The second-order valence-electron chi connectivity index (χ2n) is 9.47. The molecule has 0 aromatic heterocycles. The van der Waals surface area contributed by atoms with Crippen LogP contribution in [0.5, 0.6) is 11.5 Å². The molecule has 6 nitrogen and oxygen atoms in total. The van der Waals surface area contributed by atoms with Crippen molar-refractivity contribution in [1.29, 1.82) is 0 Å². The molecule has 194 valence electrons. The van der Waals surface area contributed by atoms with Crippen LogP contribution in [0.4, 0.5) is 5.69 Å². The molecule has 0 saturated carbocycles. The molecule has 2 amide bonds. The minimum absolute atomic E-state index is 0.0685. The fourth-order valence-electron chi connectivity index (χ4n) is 4.58. The van der Waals surface area contributed by atoms with Gasteiger partial charge in [0.2, 0.25) is 0 Å². The third-order valence-electron chi connectivity index (χ3n) is 6.65. The number of carbonyl (C=O) groups excluding carboxylic acids is 2. The van der Waals surface area contributed by atoms with Crippen LogP contribution < -0.4 is 4.90 Å². The highest BCUT2D eigenvalue weighted by atomic mass is 16.3. The topological polar surface area (TPSA) is 81.1 Å². The van der Waals surface area contributed by atoms with E-state index in [0.29, 0.717) is 17.8 Å². The molecule has 39 heavy (non-hydrogen) atoms. The lowest BCUT2D eigenvalue weighted by Gasteiger charge is -2.24. The minimum atomic E-state index is -0.427. The highest BCUT2D eigenvalue weighted by molar-refractivity contribution is 6.08. The molecule has 0 aliphatic heterocycles. The van der Waals surface area contributed by atoms with Crippen molar-refractivity contribution < 1.29 is 19.8 Å². The molecule has 0 aliphatic rings. The van der Waals surface area contributed by atoms with Crippen molar-refractivity contribution in [3.8, 4) is 11.5 Å². The highest BCUT2D eigenvalue weighted by Gasteiger charge is 2.22.